The third-order valence-electron chi connectivity index (χ3n) is 3.84. The zero-order chi connectivity index (χ0) is 16.2. The van der Waals surface area contributed by atoms with Gasteiger partial charge in [-0.25, -0.2) is 4.79 Å². The summed E-state index contributed by atoms with van der Waals surface area (Å²) in [5, 5.41) is 4.27. The number of carbonyl (C=O) groups excluding carboxylic acids is 1. The zero-order valence-corrected chi connectivity index (χ0v) is 14.0. The molecule has 0 radical (unpaired) electrons. The van der Waals surface area contributed by atoms with Crippen molar-refractivity contribution in [3.8, 4) is 0 Å². The minimum Gasteiger partial charge on any atom is -0.368 e. The zero-order valence-electron chi connectivity index (χ0n) is 12.5. The molecule has 1 fully saturated rings. The van der Waals surface area contributed by atoms with Gasteiger partial charge in [0.1, 0.15) is 0 Å². The summed E-state index contributed by atoms with van der Waals surface area (Å²) in [6, 6.07) is 14.8. The molecule has 4 nitrogen and oxygen atoms in total. The standard InChI is InChI=1S/C17H17Cl2N3O/c18-13-4-6-15(7-5-13)20-17(23)22-10-8-21(9-11-22)16-3-1-2-14(19)12-16/h1-7,12H,8-11H2,(H,20,23). The summed E-state index contributed by atoms with van der Waals surface area (Å²) in [6.45, 7) is 2.92. The molecule has 0 spiro atoms. The van der Waals surface area contributed by atoms with Crippen LogP contribution in [0.25, 0.3) is 0 Å². The Bertz CT molecular complexity index is 682. The van der Waals surface area contributed by atoms with Crippen LogP contribution in [0.2, 0.25) is 10.0 Å². The lowest BCUT2D eigenvalue weighted by Gasteiger charge is -2.36. The third kappa shape index (κ3) is 4.09. The van der Waals surface area contributed by atoms with Crippen LogP contribution in [0.5, 0.6) is 0 Å². The lowest BCUT2D eigenvalue weighted by atomic mass is 10.2. The number of anilines is 2. The fraction of sp³-hybridized carbons (Fsp3) is 0.235. The number of piperazine rings is 1. The van der Waals surface area contributed by atoms with Crippen molar-refractivity contribution in [3.05, 3.63) is 58.6 Å². The van der Waals surface area contributed by atoms with Gasteiger partial charge in [-0.2, -0.15) is 0 Å². The first-order valence-electron chi connectivity index (χ1n) is 7.44. The molecular formula is C17H17Cl2N3O. The van der Waals surface area contributed by atoms with Crippen molar-refractivity contribution in [3.63, 3.8) is 0 Å². The summed E-state index contributed by atoms with van der Waals surface area (Å²) in [4.78, 5) is 16.3. The second kappa shape index (κ2) is 7.11. The number of carbonyl (C=O) groups is 1. The Balaban J connectivity index is 1.56. The van der Waals surface area contributed by atoms with Gasteiger partial charge in [-0.05, 0) is 42.5 Å². The Morgan fingerprint density at radius 3 is 2.26 bits per heavy atom. The van der Waals surface area contributed by atoms with Crippen molar-refractivity contribution in [2.45, 2.75) is 0 Å². The molecule has 2 aromatic rings. The second-order valence-electron chi connectivity index (χ2n) is 5.39. The molecule has 0 aromatic heterocycles. The number of urea groups is 1. The molecule has 0 atom stereocenters. The second-order valence-corrected chi connectivity index (χ2v) is 6.26. The lowest BCUT2D eigenvalue weighted by molar-refractivity contribution is 0.208. The van der Waals surface area contributed by atoms with Gasteiger partial charge >= 0.3 is 6.03 Å². The van der Waals surface area contributed by atoms with E-state index >= 15 is 0 Å². The van der Waals surface area contributed by atoms with Gasteiger partial charge in [-0.1, -0.05) is 29.3 Å². The molecule has 1 N–H and O–H groups in total. The predicted molar refractivity (Wildman–Crippen MR) is 95.7 cm³/mol. The van der Waals surface area contributed by atoms with Crippen molar-refractivity contribution >= 4 is 40.6 Å². The van der Waals surface area contributed by atoms with Gasteiger partial charge in [0.15, 0.2) is 0 Å². The summed E-state index contributed by atoms with van der Waals surface area (Å²) in [5.74, 6) is 0. The van der Waals surface area contributed by atoms with Crippen molar-refractivity contribution in [1.29, 1.82) is 0 Å². The maximum absolute atomic E-state index is 12.3. The number of hydrogen-bond acceptors (Lipinski definition) is 2. The molecule has 120 valence electrons. The molecule has 2 amide bonds. The monoisotopic (exact) mass is 349 g/mol. The van der Waals surface area contributed by atoms with E-state index in [0.717, 1.165) is 29.5 Å². The Morgan fingerprint density at radius 1 is 0.913 bits per heavy atom. The number of amides is 2. The van der Waals surface area contributed by atoms with E-state index in [0.29, 0.717) is 18.1 Å². The molecular weight excluding hydrogens is 333 g/mol. The summed E-state index contributed by atoms with van der Waals surface area (Å²) in [5.41, 5.74) is 1.84. The first-order valence-corrected chi connectivity index (χ1v) is 8.19. The Kier molecular flexibility index (Phi) is 4.94. The summed E-state index contributed by atoms with van der Waals surface area (Å²) in [6.07, 6.45) is 0. The highest BCUT2D eigenvalue weighted by Crippen LogP contribution is 2.21. The Labute approximate surface area is 145 Å². The molecule has 1 saturated heterocycles. The molecule has 2 aromatic carbocycles. The van der Waals surface area contributed by atoms with Gasteiger partial charge in [0, 0.05) is 47.6 Å². The van der Waals surface area contributed by atoms with Crippen LogP contribution >= 0.6 is 23.2 Å². The van der Waals surface area contributed by atoms with Crippen LogP contribution in [-0.4, -0.2) is 37.1 Å². The molecule has 23 heavy (non-hydrogen) atoms. The lowest BCUT2D eigenvalue weighted by Crippen LogP contribution is -2.50. The van der Waals surface area contributed by atoms with Crippen LogP contribution in [0.1, 0.15) is 0 Å². The van der Waals surface area contributed by atoms with Crippen LogP contribution in [0.4, 0.5) is 16.2 Å². The van der Waals surface area contributed by atoms with E-state index in [-0.39, 0.29) is 6.03 Å². The van der Waals surface area contributed by atoms with Gasteiger partial charge in [0.25, 0.3) is 0 Å². The average Bonchev–Trinajstić information content (AvgIpc) is 2.57. The third-order valence-corrected chi connectivity index (χ3v) is 4.32. The largest absolute Gasteiger partial charge is 0.368 e. The quantitative estimate of drug-likeness (QED) is 0.874. The summed E-state index contributed by atoms with van der Waals surface area (Å²) in [7, 11) is 0. The molecule has 0 bridgehead atoms. The average molecular weight is 350 g/mol. The highest BCUT2D eigenvalue weighted by molar-refractivity contribution is 6.31. The first-order chi connectivity index (χ1) is 11.1. The highest BCUT2D eigenvalue weighted by Gasteiger charge is 2.21. The fourth-order valence-electron chi connectivity index (χ4n) is 2.58. The minimum absolute atomic E-state index is 0.0851. The number of benzene rings is 2. The first kappa shape index (κ1) is 16.0. The maximum atomic E-state index is 12.3. The molecule has 1 heterocycles. The van der Waals surface area contributed by atoms with Crippen molar-refractivity contribution in [2.75, 3.05) is 36.4 Å². The van der Waals surface area contributed by atoms with Gasteiger partial charge in [0.2, 0.25) is 0 Å². The van der Waals surface area contributed by atoms with Crippen LogP contribution in [0.15, 0.2) is 48.5 Å². The molecule has 0 unspecified atom stereocenters. The molecule has 1 aliphatic heterocycles. The van der Waals surface area contributed by atoms with Crippen LogP contribution in [0, 0.1) is 0 Å². The van der Waals surface area contributed by atoms with Crippen molar-refractivity contribution in [1.82, 2.24) is 4.90 Å². The maximum Gasteiger partial charge on any atom is 0.321 e. The van der Waals surface area contributed by atoms with Gasteiger partial charge in [-0.3, -0.25) is 0 Å². The topological polar surface area (TPSA) is 35.6 Å². The van der Waals surface area contributed by atoms with Crippen molar-refractivity contribution in [2.24, 2.45) is 0 Å². The number of hydrogen-bond donors (Lipinski definition) is 1. The van der Waals surface area contributed by atoms with Gasteiger partial charge < -0.3 is 15.1 Å². The van der Waals surface area contributed by atoms with E-state index in [1.165, 1.54) is 0 Å². The normalized spacial score (nSPS) is 14.7. The Morgan fingerprint density at radius 2 is 1.61 bits per heavy atom. The number of nitrogens with zero attached hydrogens (tertiary/aromatic N) is 2. The Hall–Kier alpha value is -1.91. The fourth-order valence-corrected chi connectivity index (χ4v) is 2.89. The molecule has 0 aliphatic carbocycles. The highest BCUT2D eigenvalue weighted by atomic mass is 35.5. The van der Waals surface area contributed by atoms with Crippen LogP contribution in [0.3, 0.4) is 0 Å². The van der Waals surface area contributed by atoms with E-state index in [2.05, 4.69) is 10.2 Å². The molecule has 1 aliphatic rings. The van der Waals surface area contributed by atoms with Crippen LogP contribution in [-0.2, 0) is 0 Å². The van der Waals surface area contributed by atoms with Gasteiger partial charge in [0.05, 0.1) is 0 Å². The van der Waals surface area contributed by atoms with E-state index in [1.807, 2.05) is 29.2 Å². The van der Waals surface area contributed by atoms with Gasteiger partial charge in [-0.15, -0.1) is 0 Å². The molecule has 6 heteroatoms. The van der Waals surface area contributed by atoms with E-state index in [4.69, 9.17) is 23.2 Å². The minimum atomic E-state index is -0.0851. The van der Waals surface area contributed by atoms with E-state index in [1.54, 1.807) is 24.3 Å². The number of rotatable bonds is 2. The van der Waals surface area contributed by atoms with Crippen molar-refractivity contribution < 1.29 is 4.79 Å². The van der Waals surface area contributed by atoms with E-state index < -0.39 is 0 Å². The summed E-state index contributed by atoms with van der Waals surface area (Å²) < 4.78 is 0. The SMILES string of the molecule is O=C(Nc1ccc(Cl)cc1)N1CCN(c2cccc(Cl)c2)CC1. The summed E-state index contributed by atoms with van der Waals surface area (Å²) >= 11 is 11.9. The van der Waals surface area contributed by atoms with E-state index in [9.17, 15) is 4.79 Å². The molecule has 0 saturated carbocycles. The number of halogens is 2. The smallest absolute Gasteiger partial charge is 0.321 e. The van der Waals surface area contributed by atoms with Crippen LogP contribution < -0.4 is 10.2 Å². The number of nitrogens with one attached hydrogen (secondary N) is 1. The predicted octanol–water partition coefficient (Wildman–Crippen LogP) is 4.35. The molecule has 3 rings (SSSR count).